The van der Waals surface area contributed by atoms with Crippen molar-refractivity contribution >= 4 is 11.8 Å². The zero-order valence-electron chi connectivity index (χ0n) is 4.80. The first-order chi connectivity index (χ1) is 4.39. The Morgan fingerprint density at radius 2 is 1.60 bits per heavy atom. The van der Waals surface area contributed by atoms with E-state index in [2.05, 4.69) is 0 Å². The van der Waals surface area contributed by atoms with Crippen molar-refractivity contribution < 1.29 is 22.0 Å². The van der Waals surface area contributed by atoms with Crippen molar-refractivity contribution in [3.63, 3.8) is 0 Å². The van der Waals surface area contributed by atoms with Crippen LogP contribution in [0.5, 0.6) is 0 Å². The third-order valence-corrected chi connectivity index (χ3v) is 1.14. The van der Waals surface area contributed by atoms with Crippen LogP contribution < -0.4 is 0 Å². The van der Waals surface area contributed by atoms with Gasteiger partial charge in [-0.2, -0.15) is 22.0 Å². The highest BCUT2D eigenvalue weighted by Crippen LogP contribution is 2.33. The summed E-state index contributed by atoms with van der Waals surface area (Å²) >= 11 is 0.0777. The Morgan fingerprint density at radius 3 is 1.70 bits per heavy atom. The Morgan fingerprint density at radius 1 is 1.20 bits per heavy atom. The highest BCUT2D eigenvalue weighted by molar-refractivity contribution is 8.02. The normalized spacial score (nSPS) is 15.0. The number of thioether (sulfide) groups is 1. The number of allylic oxidation sites excluding steroid dienone is 1. The van der Waals surface area contributed by atoms with Gasteiger partial charge in [0.05, 0.1) is 0 Å². The van der Waals surface area contributed by atoms with E-state index in [9.17, 15) is 22.0 Å². The van der Waals surface area contributed by atoms with E-state index in [4.69, 9.17) is 0 Å². The molecule has 0 heterocycles. The fraction of sp³-hybridized carbons (Fsp3) is 0.500. The van der Waals surface area contributed by atoms with Crippen LogP contribution in [0, 0.1) is 0 Å². The number of hydrogen-bond acceptors (Lipinski definition) is 1. The minimum absolute atomic E-state index is 0.0777. The van der Waals surface area contributed by atoms with Crippen molar-refractivity contribution in [2.45, 2.75) is 6.18 Å². The fourth-order valence-electron chi connectivity index (χ4n) is 0.201. The molecule has 60 valence electrons. The van der Waals surface area contributed by atoms with Crippen molar-refractivity contribution in [3.05, 3.63) is 11.0 Å². The predicted octanol–water partition coefficient (Wildman–Crippen LogP) is 3.02. The molecule has 0 aliphatic rings. The van der Waals surface area contributed by atoms with Gasteiger partial charge in [-0.05, 0) is 6.26 Å². The predicted molar refractivity (Wildman–Crippen MR) is 28.8 cm³/mol. The second-order valence-electron chi connectivity index (χ2n) is 1.29. The molecule has 0 aliphatic carbocycles. The van der Waals surface area contributed by atoms with E-state index in [-0.39, 0.29) is 11.8 Å². The summed E-state index contributed by atoms with van der Waals surface area (Å²) < 4.78 is 57.0. The molecule has 0 aromatic heterocycles. The molecule has 0 amide bonds. The SMILES string of the molecule is CS/C(F)=C(/F)C(F)(F)F. The lowest BCUT2D eigenvalue weighted by Crippen LogP contribution is -2.08. The quantitative estimate of drug-likeness (QED) is 0.556. The Bertz CT molecular complexity index is 146. The van der Waals surface area contributed by atoms with E-state index >= 15 is 0 Å². The van der Waals surface area contributed by atoms with Crippen LogP contribution in [0.15, 0.2) is 11.0 Å². The maximum atomic E-state index is 11.8. The summed E-state index contributed by atoms with van der Waals surface area (Å²) in [5, 5.41) is -1.84. The van der Waals surface area contributed by atoms with Gasteiger partial charge in [0, 0.05) is 0 Å². The van der Waals surface area contributed by atoms with Crippen molar-refractivity contribution in [1.29, 1.82) is 0 Å². The third-order valence-electron chi connectivity index (χ3n) is 0.601. The van der Waals surface area contributed by atoms with Crippen molar-refractivity contribution in [2.24, 2.45) is 0 Å². The van der Waals surface area contributed by atoms with E-state index in [0.29, 0.717) is 0 Å². The van der Waals surface area contributed by atoms with E-state index in [1.165, 1.54) is 0 Å². The van der Waals surface area contributed by atoms with Crippen LogP contribution in [0.4, 0.5) is 22.0 Å². The van der Waals surface area contributed by atoms with Crippen molar-refractivity contribution in [2.75, 3.05) is 6.26 Å². The molecule has 0 nitrogen and oxygen atoms in total. The molecule has 0 unspecified atom stereocenters. The summed E-state index contributed by atoms with van der Waals surface area (Å²) in [4.78, 5) is 0. The standard InChI is InChI=1S/C4H3F5S/c1-10-3(6)2(5)4(7,8)9/h1H3/b3-2+. The first-order valence-corrected chi connectivity index (χ1v) is 3.28. The maximum Gasteiger partial charge on any atom is 0.446 e. The largest absolute Gasteiger partial charge is 0.446 e. The second-order valence-corrected chi connectivity index (χ2v) is 2.06. The highest BCUT2D eigenvalue weighted by Gasteiger charge is 2.37. The Kier molecular flexibility index (Phi) is 3.14. The maximum absolute atomic E-state index is 11.8. The monoisotopic (exact) mass is 178 g/mol. The number of alkyl halides is 3. The molecule has 0 aliphatic heterocycles. The Balaban J connectivity index is 4.47. The minimum atomic E-state index is -5.20. The van der Waals surface area contributed by atoms with Crippen LogP contribution in [-0.4, -0.2) is 12.4 Å². The Hall–Kier alpha value is -0.260. The smallest absolute Gasteiger partial charge is 0.198 e. The van der Waals surface area contributed by atoms with Crippen LogP contribution >= 0.6 is 11.8 Å². The molecule has 0 aromatic carbocycles. The second kappa shape index (κ2) is 3.23. The summed E-state index contributed by atoms with van der Waals surface area (Å²) in [6.45, 7) is 0. The minimum Gasteiger partial charge on any atom is -0.198 e. The fourth-order valence-corrected chi connectivity index (χ4v) is 0.496. The van der Waals surface area contributed by atoms with Gasteiger partial charge in [0.15, 0.2) is 5.16 Å². The van der Waals surface area contributed by atoms with Gasteiger partial charge in [0.1, 0.15) is 0 Å². The number of hydrogen-bond donors (Lipinski definition) is 0. The first-order valence-electron chi connectivity index (χ1n) is 2.06. The number of halogens is 5. The molecule has 0 saturated carbocycles. The molecule has 0 N–H and O–H groups in total. The van der Waals surface area contributed by atoms with E-state index in [1.807, 2.05) is 0 Å². The van der Waals surface area contributed by atoms with Crippen LogP contribution in [0.3, 0.4) is 0 Å². The molecule has 0 rings (SSSR count). The summed E-state index contributed by atoms with van der Waals surface area (Å²) in [7, 11) is 0. The topological polar surface area (TPSA) is 0 Å². The zero-order valence-corrected chi connectivity index (χ0v) is 5.61. The lowest BCUT2D eigenvalue weighted by molar-refractivity contribution is -0.110. The molecular formula is C4H3F5S. The average Bonchev–Trinajstić information content (AvgIpc) is 1.83. The van der Waals surface area contributed by atoms with E-state index in [1.54, 1.807) is 0 Å². The van der Waals surface area contributed by atoms with Gasteiger partial charge in [-0.15, -0.1) is 0 Å². The number of rotatable bonds is 1. The average molecular weight is 178 g/mol. The lowest BCUT2D eigenvalue weighted by Gasteiger charge is -2.01. The summed E-state index contributed by atoms with van der Waals surface area (Å²) in [6, 6.07) is 0. The van der Waals surface area contributed by atoms with Gasteiger partial charge in [-0.25, -0.2) is 0 Å². The van der Waals surface area contributed by atoms with Crippen molar-refractivity contribution in [1.82, 2.24) is 0 Å². The highest BCUT2D eigenvalue weighted by atomic mass is 32.2. The van der Waals surface area contributed by atoms with Gasteiger partial charge in [0.2, 0.25) is 5.83 Å². The summed E-state index contributed by atoms with van der Waals surface area (Å²) in [6.07, 6.45) is -4.19. The molecule has 6 heteroatoms. The van der Waals surface area contributed by atoms with E-state index < -0.39 is 17.2 Å². The molecule has 0 bridgehead atoms. The summed E-state index contributed by atoms with van der Waals surface area (Å²) in [5.41, 5.74) is 0. The van der Waals surface area contributed by atoms with Crippen LogP contribution in [0.2, 0.25) is 0 Å². The Labute approximate surface area is 58.1 Å². The molecule has 0 atom stereocenters. The molecule has 10 heavy (non-hydrogen) atoms. The van der Waals surface area contributed by atoms with Crippen molar-refractivity contribution in [3.8, 4) is 0 Å². The third kappa shape index (κ3) is 2.55. The van der Waals surface area contributed by atoms with Gasteiger partial charge in [0.25, 0.3) is 0 Å². The lowest BCUT2D eigenvalue weighted by atomic mass is 10.6. The van der Waals surface area contributed by atoms with E-state index in [0.717, 1.165) is 6.26 Å². The van der Waals surface area contributed by atoms with Crippen LogP contribution in [-0.2, 0) is 0 Å². The molecule has 0 fully saturated rings. The van der Waals surface area contributed by atoms with Gasteiger partial charge in [-0.1, -0.05) is 11.8 Å². The van der Waals surface area contributed by atoms with Gasteiger partial charge >= 0.3 is 6.18 Å². The molecular weight excluding hydrogens is 175 g/mol. The molecule has 0 saturated heterocycles. The van der Waals surface area contributed by atoms with Crippen LogP contribution in [0.1, 0.15) is 0 Å². The van der Waals surface area contributed by atoms with Gasteiger partial charge < -0.3 is 0 Å². The zero-order chi connectivity index (χ0) is 8.36. The summed E-state index contributed by atoms with van der Waals surface area (Å²) in [5.74, 6) is -2.67. The van der Waals surface area contributed by atoms with Crippen LogP contribution in [0.25, 0.3) is 0 Å². The van der Waals surface area contributed by atoms with Gasteiger partial charge in [-0.3, -0.25) is 0 Å². The molecule has 0 aromatic rings. The molecule has 0 spiro atoms. The first kappa shape index (κ1) is 9.74. The molecule has 0 radical (unpaired) electrons.